The third-order valence-corrected chi connectivity index (χ3v) is 5.43. The second-order valence-electron chi connectivity index (χ2n) is 7.97. The fraction of sp³-hybridized carbons (Fsp3) is 0.360. The molecule has 3 amide bonds. The number of ether oxygens (including phenoxy) is 2. The quantitative estimate of drug-likeness (QED) is 0.353. The summed E-state index contributed by atoms with van der Waals surface area (Å²) in [7, 11) is 0. The predicted molar refractivity (Wildman–Crippen MR) is 129 cm³/mol. The first-order valence-electron chi connectivity index (χ1n) is 11.3. The highest BCUT2D eigenvalue weighted by molar-refractivity contribution is 6.39. The van der Waals surface area contributed by atoms with Crippen LogP contribution in [0.4, 0.5) is 5.69 Å². The normalized spacial score (nSPS) is 13.1. The van der Waals surface area contributed by atoms with Crippen LogP contribution in [0.1, 0.15) is 36.5 Å². The highest BCUT2D eigenvalue weighted by Gasteiger charge is 2.19. The molecule has 1 aliphatic rings. The summed E-state index contributed by atoms with van der Waals surface area (Å²) in [6, 6.07) is 10.5. The minimum Gasteiger partial charge on any atom is -0.490 e. The zero-order valence-corrected chi connectivity index (χ0v) is 19.7. The molecule has 0 unspecified atom stereocenters. The number of hydrogen-bond acceptors (Lipinski definition) is 6. The van der Waals surface area contributed by atoms with Gasteiger partial charge in [-0.1, -0.05) is 6.07 Å². The number of benzene rings is 2. The second kappa shape index (κ2) is 11.8. The standard InChI is InChI=1S/C25H30N4O5/c1-4-33-22-14-19(8-10-21(22)34-16-23(30)29-11-5-6-12-29)15-26-28-25(32)24(31)27-20-9-7-17(2)18(3)13-20/h7-10,13-15H,4-6,11-12,16H2,1-3H3,(H,27,31)(H,28,32)/b26-15-. The Balaban J connectivity index is 1.56. The van der Waals surface area contributed by atoms with Crippen molar-refractivity contribution in [1.29, 1.82) is 0 Å². The molecule has 0 aliphatic carbocycles. The van der Waals surface area contributed by atoms with Gasteiger partial charge in [0.05, 0.1) is 12.8 Å². The fourth-order valence-electron chi connectivity index (χ4n) is 3.41. The third-order valence-electron chi connectivity index (χ3n) is 5.43. The summed E-state index contributed by atoms with van der Waals surface area (Å²) in [5.41, 5.74) is 5.47. The summed E-state index contributed by atoms with van der Waals surface area (Å²) >= 11 is 0. The van der Waals surface area contributed by atoms with E-state index in [1.807, 2.05) is 26.8 Å². The summed E-state index contributed by atoms with van der Waals surface area (Å²) in [5.74, 6) is -0.850. The molecule has 0 radical (unpaired) electrons. The van der Waals surface area contributed by atoms with E-state index in [9.17, 15) is 14.4 Å². The van der Waals surface area contributed by atoms with Crippen molar-refractivity contribution in [3.8, 4) is 11.5 Å². The van der Waals surface area contributed by atoms with Crippen LogP contribution in [0.2, 0.25) is 0 Å². The van der Waals surface area contributed by atoms with Crippen LogP contribution in [0.25, 0.3) is 0 Å². The monoisotopic (exact) mass is 466 g/mol. The van der Waals surface area contributed by atoms with Gasteiger partial charge in [0.25, 0.3) is 5.91 Å². The van der Waals surface area contributed by atoms with Crippen molar-refractivity contribution in [3.63, 3.8) is 0 Å². The SMILES string of the molecule is CCOc1cc(/C=N\NC(=O)C(=O)Nc2ccc(C)c(C)c2)ccc1OCC(=O)N1CCCC1. The van der Waals surface area contributed by atoms with Crippen LogP contribution in [-0.2, 0) is 14.4 Å². The van der Waals surface area contributed by atoms with Crippen LogP contribution in [0, 0.1) is 13.8 Å². The Hall–Kier alpha value is -3.88. The average molecular weight is 467 g/mol. The lowest BCUT2D eigenvalue weighted by atomic mass is 10.1. The second-order valence-corrected chi connectivity index (χ2v) is 7.97. The van der Waals surface area contributed by atoms with Crippen molar-refractivity contribution in [1.82, 2.24) is 10.3 Å². The fourth-order valence-corrected chi connectivity index (χ4v) is 3.41. The van der Waals surface area contributed by atoms with Gasteiger partial charge in [-0.15, -0.1) is 0 Å². The van der Waals surface area contributed by atoms with Crippen LogP contribution in [0.15, 0.2) is 41.5 Å². The summed E-state index contributed by atoms with van der Waals surface area (Å²) in [4.78, 5) is 38.2. The van der Waals surface area contributed by atoms with Crippen molar-refractivity contribution < 1.29 is 23.9 Å². The number of rotatable bonds is 8. The van der Waals surface area contributed by atoms with Crippen LogP contribution in [0.3, 0.4) is 0 Å². The smallest absolute Gasteiger partial charge is 0.329 e. The molecule has 0 atom stereocenters. The molecule has 9 heteroatoms. The Morgan fingerprint density at radius 3 is 2.44 bits per heavy atom. The maximum absolute atomic E-state index is 12.2. The molecular weight excluding hydrogens is 436 g/mol. The van der Waals surface area contributed by atoms with Gasteiger partial charge in [0.15, 0.2) is 18.1 Å². The minimum atomic E-state index is -0.889. The van der Waals surface area contributed by atoms with E-state index in [4.69, 9.17) is 9.47 Å². The molecule has 0 bridgehead atoms. The molecule has 180 valence electrons. The zero-order valence-electron chi connectivity index (χ0n) is 19.7. The van der Waals surface area contributed by atoms with Gasteiger partial charge >= 0.3 is 11.8 Å². The Kier molecular flexibility index (Phi) is 8.61. The number of anilines is 1. The van der Waals surface area contributed by atoms with Crippen LogP contribution in [-0.4, -0.2) is 55.1 Å². The molecule has 0 aromatic heterocycles. The lowest BCUT2D eigenvalue weighted by molar-refractivity contribution is -0.136. The van der Waals surface area contributed by atoms with Crippen LogP contribution in [0.5, 0.6) is 11.5 Å². The minimum absolute atomic E-state index is 0.0487. The summed E-state index contributed by atoms with van der Waals surface area (Å²) in [5, 5.41) is 6.39. The van der Waals surface area contributed by atoms with Crippen molar-refractivity contribution in [3.05, 3.63) is 53.1 Å². The van der Waals surface area contributed by atoms with Gasteiger partial charge < -0.3 is 19.7 Å². The number of hydrogen-bond donors (Lipinski definition) is 2. The van der Waals surface area contributed by atoms with Crippen molar-refractivity contribution in [2.75, 3.05) is 31.6 Å². The molecule has 0 spiro atoms. The van der Waals surface area contributed by atoms with Crippen molar-refractivity contribution in [2.45, 2.75) is 33.6 Å². The molecule has 9 nitrogen and oxygen atoms in total. The Bertz CT molecular complexity index is 1080. The van der Waals surface area contributed by atoms with Gasteiger partial charge in [-0.3, -0.25) is 14.4 Å². The van der Waals surface area contributed by atoms with Gasteiger partial charge in [-0.05, 0) is 80.6 Å². The molecule has 2 aromatic carbocycles. The first kappa shape index (κ1) is 24.8. The summed E-state index contributed by atoms with van der Waals surface area (Å²) in [6.45, 7) is 7.62. The molecular formula is C25H30N4O5. The number of aryl methyl sites for hydroxylation is 2. The lowest BCUT2D eigenvalue weighted by Gasteiger charge is -2.17. The molecule has 34 heavy (non-hydrogen) atoms. The number of hydrazone groups is 1. The Morgan fingerprint density at radius 2 is 1.74 bits per heavy atom. The van der Waals surface area contributed by atoms with E-state index >= 15 is 0 Å². The molecule has 1 saturated heterocycles. The molecule has 1 aliphatic heterocycles. The van der Waals surface area contributed by atoms with Gasteiger partial charge in [0, 0.05) is 18.8 Å². The third kappa shape index (κ3) is 6.81. The van der Waals surface area contributed by atoms with E-state index in [1.54, 1.807) is 35.2 Å². The number of carbonyl (C=O) groups is 3. The van der Waals surface area contributed by atoms with Gasteiger partial charge in [-0.25, -0.2) is 5.43 Å². The Morgan fingerprint density at radius 1 is 0.971 bits per heavy atom. The number of nitrogens with one attached hydrogen (secondary N) is 2. The van der Waals surface area contributed by atoms with E-state index in [1.165, 1.54) is 6.21 Å². The first-order valence-corrected chi connectivity index (χ1v) is 11.3. The lowest BCUT2D eigenvalue weighted by Crippen LogP contribution is -2.32. The topological polar surface area (TPSA) is 109 Å². The maximum atomic E-state index is 12.2. The van der Waals surface area contributed by atoms with Crippen molar-refractivity contribution >= 4 is 29.6 Å². The summed E-state index contributed by atoms with van der Waals surface area (Å²) < 4.78 is 11.3. The molecule has 2 N–H and O–H groups in total. The highest BCUT2D eigenvalue weighted by atomic mass is 16.5. The summed E-state index contributed by atoms with van der Waals surface area (Å²) in [6.07, 6.45) is 3.43. The number of carbonyl (C=O) groups excluding carboxylic acids is 3. The predicted octanol–water partition coefficient (Wildman–Crippen LogP) is 2.79. The largest absolute Gasteiger partial charge is 0.490 e. The van der Waals surface area contributed by atoms with Crippen molar-refractivity contribution in [2.24, 2.45) is 5.10 Å². The number of amides is 3. The van der Waals surface area contributed by atoms with E-state index in [2.05, 4.69) is 15.8 Å². The van der Waals surface area contributed by atoms with E-state index in [0.717, 1.165) is 37.1 Å². The van der Waals surface area contributed by atoms with E-state index in [0.29, 0.717) is 29.4 Å². The Labute approximate surface area is 199 Å². The number of nitrogens with zero attached hydrogens (tertiary/aromatic N) is 2. The number of likely N-dealkylation sites (tertiary alicyclic amines) is 1. The van der Waals surface area contributed by atoms with Gasteiger partial charge in [-0.2, -0.15) is 5.10 Å². The van der Waals surface area contributed by atoms with Gasteiger partial charge in [0.1, 0.15) is 0 Å². The van der Waals surface area contributed by atoms with E-state index in [-0.39, 0.29) is 12.5 Å². The van der Waals surface area contributed by atoms with E-state index < -0.39 is 11.8 Å². The molecule has 3 rings (SSSR count). The molecule has 1 heterocycles. The van der Waals surface area contributed by atoms with Crippen LogP contribution >= 0.6 is 0 Å². The highest BCUT2D eigenvalue weighted by Crippen LogP contribution is 2.28. The zero-order chi connectivity index (χ0) is 24.5. The average Bonchev–Trinajstić information content (AvgIpc) is 3.36. The first-order chi connectivity index (χ1) is 16.4. The maximum Gasteiger partial charge on any atom is 0.329 e. The molecule has 1 fully saturated rings. The molecule has 2 aromatic rings. The molecule has 0 saturated carbocycles. The van der Waals surface area contributed by atoms with Gasteiger partial charge in [0.2, 0.25) is 0 Å². The van der Waals surface area contributed by atoms with Crippen LogP contribution < -0.4 is 20.2 Å².